The molecule has 3 amide bonds. The SMILES string of the molecule is CC[C@H](C)[C@H](CO)N1C(=O)[C@H]2[C@@H]3C(=O)O[C@H](C)CNC(=O)CC/C=C\CN(c4c(C)cccc4C)C(=O)[C@H]1[C@@]21C=C[C@@H]3O1. The van der Waals surface area contributed by atoms with Crippen LogP contribution in [0.1, 0.15) is 51.2 Å². The third-order valence-corrected chi connectivity index (χ3v) is 9.54. The zero-order valence-corrected chi connectivity index (χ0v) is 25.6. The number of carbonyl (C=O) groups excluding carboxylic acids is 4. The van der Waals surface area contributed by atoms with E-state index < -0.39 is 53.6 Å². The molecular formula is C33H43N3O7. The van der Waals surface area contributed by atoms with E-state index in [1.165, 1.54) is 4.90 Å². The molecule has 4 aliphatic rings. The Bertz CT molecular complexity index is 1320. The smallest absolute Gasteiger partial charge is 0.313 e. The van der Waals surface area contributed by atoms with Crippen molar-refractivity contribution in [3.05, 3.63) is 53.6 Å². The molecule has 0 aromatic heterocycles. The van der Waals surface area contributed by atoms with Gasteiger partial charge in [0.05, 0.1) is 31.2 Å². The number of fused-ring (bicyclic) bond motifs is 2. The van der Waals surface area contributed by atoms with E-state index in [0.29, 0.717) is 12.8 Å². The molecule has 1 aromatic rings. The van der Waals surface area contributed by atoms with Gasteiger partial charge in [-0.2, -0.15) is 0 Å². The molecule has 10 heteroatoms. The van der Waals surface area contributed by atoms with Crippen molar-refractivity contribution in [2.45, 2.75) is 83.8 Å². The number of nitrogens with one attached hydrogen (secondary N) is 1. The van der Waals surface area contributed by atoms with E-state index in [0.717, 1.165) is 16.8 Å². The summed E-state index contributed by atoms with van der Waals surface area (Å²) in [6.07, 6.45) is 7.28. The predicted molar refractivity (Wildman–Crippen MR) is 160 cm³/mol. The Balaban J connectivity index is 1.67. The number of amides is 3. The fraction of sp³-hybridized carbons (Fsp3) is 0.576. The van der Waals surface area contributed by atoms with Gasteiger partial charge in [0.25, 0.3) is 5.91 Å². The first kappa shape index (κ1) is 30.9. The van der Waals surface area contributed by atoms with Gasteiger partial charge in [0.2, 0.25) is 11.8 Å². The Labute approximate surface area is 253 Å². The molecular weight excluding hydrogens is 550 g/mol. The summed E-state index contributed by atoms with van der Waals surface area (Å²) in [5, 5.41) is 13.4. The molecule has 10 nitrogen and oxygen atoms in total. The fourth-order valence-electron chi connectivity index (χ4n) is 7.18. The summed E-state index contributed by atoms with van der Waals surface area (Å²) < 4.78 is 12.3. The highest BCUT2D eigenvalue weighted by Gasteiger charge is 2.74. The van der Waals surface area contributed by atoms with Crippen molar-refractivity contribution in [3.8, 4) is 0 Å². The van der Waals surface area contributed by atoms with Crippen LogP contribution in [0.25, 0.3) is 0 Å². The zero-order valence-electron chi connectivity index (χ0n) is 25.6. The first-order valence-corrected chi connectivity index (χ1v) is 15.4. The van der Waals surface area contributed by atoms with Crippen LogP contribution in [0.3, 0.4) is 0 Å². The lowest BCUT2D eigenvalue weighted by molar-refractivity contribution is -0.159. The van der Waals surface area contributed by atoms with E-state index in [-0.39, 0.29) is 43.8 Å². The zero-order chi connectivity index (χ0) is 31.1. The van der Waals surface area contributed by atoms with Gasteiger partial charge >= 0.3 is 5.97 Å². The maximum absolute atomic E-state index is 15.0. The number of benzene rings is 1. The number of anilines is 1. The second-order valence-corrected chi connectivity index (χ2v) is 12.3. The maximum atomic E-state index is 15.0. The second-order valence-electron chi connectivity index (χ2n) is 12.3. The third kappa shape index (κ3) is 5.29. The van der Waals surface area contributed by atoms with Crippen LogP contribution in [-0.4, -0.2) is 83.3 Å². The first-order chi connectivity index (χ1) is 20.5. The molecule has 2 N–H and O–H groups in total. The number of aliphatic hydroxyl groups is 1. The normalized spacial score (nSPS) is 33.3. The molecule has 4 aliphatic heterocycles. The van der Waals surface area contributed by atoms with E-state index >= 15 is 4.79 Å². The molecule has 2 saturated heterocycles. The number of esters is 1. The van der Waals surface area contributed by atoms with Crippen LogP contribution in [0.15, 0.2) is 42.5 Å². The summed E-state index contributed by atoms with van der Waals surface area (Å²) in [4.78, 5) is 58.8. The monoisotopic (exact) mass is 593 g/mol. The van der Waals surface area contributed by atoms with Crippen molar-refractivity contribution in [2.24, 2.45) is 17.8 Å². The molecule has 1 spiro atoms. The molecule has 5 bridgehead atoms. The average molecular weight is 594 g/mol. The first-order valence-electron chi connectivity index (χ1n) is 15.4. The van der Waals surface area contributed by atoms with Crippen LogP contribution >= 0.6 is 0 Å². The molecule has 0 radical (unpaired) electrons. The van der Waals surface area contributed by atoms with Crippen molar-refractivity contribution in [1.29, 1.82) is 0 Å². The minimum absolute atomic E-state index is 0.124. The predicted octanol–water partition coefficient (Wildman–Crippen LogP) is 2.59. The van der Waals surface area contributed by atoms with Crippen LogP contribution < -0.4 is 10.2 Å². The number of likely N-dealkylation sites (tertiary alicyclic amines) is 1. The average Bonchev–Trinajstić information content (AvgIpc) is 3.62. The molecule has 232 valence electrons. The molecule has 0 aliphatic carbocycles. The van der Waals surface area contributed by atoms with E-state index in [9.17, 15) is 19.5 Å². The summed E-state index contributed by atoms with van der Waals surface area (Å²) in [5.74, 6) is -3.60. The Hall–Kier alpha value is -3.50. The van der Waals surface area contributed by atoms with Crippen molar-refractivity contribution >= 4 is 29.4 Å². The van der Waals surface area contributed by atoms with Gasteiger partial charge in [-0.25, -0.2) is 0 Å². The van der Waals surface area contributed by atoms with Crippen LogP contribution in [0, 0.1) is 31.6 Å². The topological polar surface area (TPSA) is 125 Å². The van der Waals surface area contributed by atoms with Crippen LogP contribution in [0.4, 0.5) is 5.69 Å². The van der Waals surface area contributed by atoms with Gasteiger partial charge in [0.1, 0.15) is 23.7 Å². The number of ether oxygens (including phenoxy) is 2. The van der Waals surface area contributed by atoms with Gasteiger partial charge in [0.15, 0.2) is 0 Å². The maximum Gasteiger partial charge on any atom is 0.313 e. The summed E-state index contributed by atoms with van der Waals surface area (Å²) in [5.41, 5.74) is 1.11. The number of hydrogen-bond donors (Lipinski definition) is 2. The number of hydrogen-bond acceptors (Lipinski definition) is 7. The molecule has 4 heterocycles. The van der Waals surface area contributed by atoms with Gasteiger partial charge in [-0.15, -0.1) is 0 Å². The quantitative estimate of drug-likeness (QED) is 0.397. The fourth-order valence-corrected chi connectivity index (χ4v) is 7.18. The summed E-state index contributed by atoms with van der Waals surface area (Å²) in [6, 6.07) is 4.03. The van der Waals surface area contributed by atoms with Crippen LogP contribution in [0.2, 0.25) is 0 Å². The second kappa shape index (κ2) is 12.2. The highest BCUT2D eigenvalue weighted by atomic mass is 16.6. The highest BCUT2D eigenvalue weighted by Crippen LogP contribution is 2.56. The number of para-hydroxylation sites is 1. The van der Waals surface area contributed by atoms with Gasteiger partial charge in [-0.3, -0.25) is 19.2 Å². The number of aliphatic hydroxyl groups excluding tert-OH is 1. The number of cyclic esters (lactones) is 1. The Morgan fingerprint density at radius 2 is 1.84 bits per heavy atom. The molecule has 1 aromatic carbocycles. The third-order valence-electron chi connectivity index (χ3n) is 9.54. The summed E-state index contributed by atoms with van der Waals surface area (Å²) in [6.45, 7) is 9.49. The lowest BCUT2D eigenvalue weighted by Gasteiger charge is -2.41. The van der Waals surface area contributed by atoms with Crippen molar-refractivity contribution in [2.75, 3.05) is 24.6 Å². The van der Waals surface area contributed by atoms with Gasteiger partial charge in [0, 0.05) is 18.7 Å². The number of rotatable bonds is 5. The number of aryl methyl sites for hydroxylation is 2. The minimum atomic E-state index is -1.40. The molecule has 43 heavy (non-hydrogen) atoms. The molecule has 8 atom stereocenters. The van der Waals surface area contributed by atoms with Crippen LogP contribution in [-0.2, 0) is 28.7 Å². The summed E-state index contributed by atoms with van der Waals surface area (Å²) >= 11 is 0. The number of allylic oxidation sites excluding steroid dienone is 1. The van der Waals surface area contributed by atoms with E-state index in [4.69, 9.17) is 9.47 Å². The summed E-state index contributed by atoms with van der Waals surface area (Å²) in [7, 11) is 0. The Morgan fingerprint density at radius 1 is 1.12 bits per heavy atom. The molecule has 5 rings (SSSR count). The minimum Gasteiger partial charge on any atom is -0.460 e. The van der Waals surface area contributed by atoms with E-state index in [1.807, 2.05) is 58.0 Å². The molecule has 2 fully saturated rings. The standard InChI is InChI=1S/C33H43N3O7/c1-6-19(2)23(18-37)36-29-31(40)35(28-20(3)11-10-12-21(28)4)16-9-7-8-13-25(38)34-17-22(5)42-32(41)26-24-14-15-33(29,43-24)27(26)30(36)39/h7,9-12,14-15,19,22-24,26-27,29,37H,6,8,13,16-18H2,1-5H3,(H,34,38)/b9-7-/t19-,22+,23-,24-,26+,27+,29-,33+/m0/s1. The van der Waals surface area contributed by atoms with Gasteiger partial charge in [-0.1, -0.05) is 62.8 Å². The largest absolute Gasteiger partial charge is 0.460 e. The van der Waals surface area contributed by atoms with E-state index in [2.05, 4.69) is 5.32 Å². The van der Waals surface area contributed by atoms with E-state index in [1.54, 1.807) is 24.0 Å². The highest BCUT2D eigenvalue weighted by molar-refractivity contribution is 6.06. The lowest BCUT2D eigenvalue weighted by atomic mass is 9.74. The Kier molecular flexibility index (Phi) is 8.81. The van der Waals surface area contributed by atoms with Gasteiger partial charge in [-0.05, 0) is 44.2 Å². The van der Waals surface area contributed by atoms with Crippen molar-refractivity contribution < 1.29 is 33.8 Å². The van der Waals surface area contributed by atoms with Gasteiger partial charge < -0.3 is 29.7 Å². The Morgan fingerprint density at radius 3 is 2.51 bits per heavy atom. The number of nitrogens with zero attached hydrogens (tertiary/aromatic N) is 2. The number of carbonyl (C=O) groups is 4. The van der Waals surface area contributed by atoms with Crippen molar-refractivity contribution in [3.63, 3.8) is 0 Å². The van der Waals surface area contributed by atoms with Crippen molar-refractivity contribution in [1.82, 2.24) is 10.2 Å². The molecule has 0 saturated carbocycles. The molecule has 0 unspecified atom stereocenters. The lowest BCUT2D eigenvalue weighted by Crippen LogP contribution is -2.60. The van der Waals surface area contributed by atoms with Crippen LogP contribution in [0.5, 0.6) is 0 Å².